The Balaban J connectivity index is 1.61. The van der Waals surface area contributed by atoms with Crippen molar-refractivity contribution in [2.45, 2.75) is 52.0 Å². The Labute approximate surface area is 212 Å². The van der Waals surface area contributed by atoms with E-state index in [9.17, 15) is 9.90 Å². The molecule has 0 saturated heterocycles. The number of carboxylic acid groups (broad SMARTS) is 1. The fraction of sp³-hybridized carbons (Fsp3) is 0.333. The summed E-state index contributed by atoms with van der Waals surface area (Å²) < 4.78 is 0. The topological polar surface area (TPSA) is 81.2 Å². The second-order valence-corrected chi connectivity index (χ2v) is 10.1. The van der Waals surface area contributed by atoms with Crippen LogP contribution < -0.4 is 10.2 Å². The highest BCUT2D eigenvalue weighted by molar-refractivity contribution is 5.97. The minimum Gasteiger partial charge on any atom is -0.478 e. The molecule has 36 heavy (non-hydrogen) atoms. The predicted octanol–water partition coefficient (Wildman–Crippen LogP) is 7.47. The van der Waals surface area contributed by atoms with Gasteiger partial charge >= 0.3 is 5.97 Å². The molecule has 1 aliphatic carbocycles. The number of hydrogen-bond acceptors (Lipinski definition) is 4. The van der Waals surface area contributed by atoms with Crippen LogP contribution in [0.3, 0.4) is 0 Å². The molecule has 1 heterocycles. The van der Waals surface area contributed by atoms with Crippen molar-refractivity contribution in [3.63, 3.8) is 0 Å². The zero-order chi connectivity index (χ0) is 25.1. The maximum atomic E-state index is 11.9. The van der Waals surface area contributed by atoms with Gasteiger partial charge in [-0.05, 0) is 60.2 Å². The molecule has 0 amide bonds. The van der Waals surface area contributed by atoms with E-state index in [1.54, 1.807) is 12.1 Å². The largest absolute Gasteiger partial charge is 0.478 e. The Morgan fingerprint density at radius 1 is 1.06 bits per heavy atom. The van der Waals surface area contributed by atoms with Crippen LogP contribution in [-0.4, -0.2) is 33.6 Å². The van der Waals surface area contributed by atoms with E-state index in [-0.39, 0.29) is 0 Å². The summed E-state index contributed by atoms with van der Waals surface area (Å²) >= 11 is 0. The minimum absolute atomic E-state index is 0.297. The van der Waals surface area contributed by atoms with Gasteiger partial charge in [-0.1, -0.05) is 69.5 Å². The van der Waals surface area contributed by atoms with E-state index in [4.69, 9.17) is 4.98 Å². The molecular formula is C30H34N4O2. The van der Waals surface area contributed by atoms with E-state index >= 15 is 0 Å². The zero-order valence-corrected chi connectivity index (χ0v) is 21.0. The number of fused-ring (bicyclic) bond motifs is 1. The van der Waals surface area contributed by atoms with Crippen molar-refractivity contribution in [1.29, 1.82) is 0 Å². The third kappa shape index (κ3) is 5.08. The normalized spacial score (nSPS) is 14.3. The summed E-state index contributed by atoms with van der Waals surface area (Å²) in [6.45, 7) is 5.49. The van der Waals surface area contributed by atoms with E-state index in [2.05, 4.69) is 47.2 Å². The number of nitrogens with zero attached hydrogens (tertiary/aromatic N) is 2. The zero-order valence-electron chi connectivity index (χ0n) is 21.0. The first-order valence-electron chi connectivity index (χ1n) is 12.9. The molecule has 4 aromatic rings. The van der Waals surface area contributed by atoms with E-state index in [0.717, 1.165) is 34.5 Å². The monoisotopic (exact) mass is 482 g/mol. The number of anilines is 3. The molecule has 186 valence electrons. The van der Waals surface area contributed by atoms with E-state index in [0.29, 0.717) is 29.0 Å². The van der Waals surface area contributed by atoms with Crippen molar-refractivity contribution in [2.24, 2.45) is 5.92 Å². The number of carbonyl (C=O) groups is 1. The SMILES string of the molecule is CC(C)CN(c1ccc(-c2ccccc2C(=O)O)cc1Nc1nc2ccccc2[nH]1)C1CCCCC1. The van der Waals surface area contributed by atoms with Gasteiger partial charge in [-0.25, -0.2) is 9.78 Å². The number of nitrogens with one attached hydrogen (secondary N) is 2. The van der Waals surface area contributed by atoms with Gasteiger partial charge in [-0.3, -0.25) is 0 Å². The van der Waals surface area contributed by atoms with Crippen LogP contribution in [0.4, 0.5) is 17.3 Å². The molecule has 1 aromatic heterocycles. The first-order chi connectivity index (χ1) is 17.5. The van der Waals surface area contributed by atoms with Crippen LogP contribution in [0.1, 0.15) is 56.3 Å². The smallest absolute Gasteiger partial charge is 0.336 e. The van der Waals surface area contributed by atoms with Gasteiger partial charge in [0.05, 0.1) is 28.0 Å². The lowest BCUT2D eigenvalue weighted by molar-refractivity contribution is 0.0697. The van der Waals surface area contributed by atoms with Crippen molar-refractivity contribution in [3.05, 3.63) is 72.3 Å². The molecule has 3 aromatic carbocycles. The summed E-state index contributed by atoms with van der Waals surface area (Å²) in [5.41, 5.74) is 5.80. The second-order valence-electron chi connectivity index (χ2n) is 10.1. The molecule has 5 rings (SSSR count). The van der Waals surface area contributed by atoms with Crippen LogP contribution >= 0.6 is 0 Å². The predicted molar refractivity (Wildman–Crippen MR) is 147 cm³/mol. The molecule has 0 spiro atoms. The molecule has 0 unspecified atom stereocenters. The Kier molecular flexibility index (Phi) is 6.94. The fourth-order valence-corrected chi connectivity index (χ4v) is 5.35. The van der Waals surface area contributed by atoms with Crippen molar-refractivity contribution in [3.8, 4) is 11.1 Å². The molecule has 0 bridgehead atoms. The Morgan fingerprint density at radius 3 is 2.56 bits per heavy atom. The average Bonchev–Trinajstić information content (AvgIpc) is 3.30. The van der Waals surface area contributed by atoms with Gasteiger partial charge in [0.15, 0.2) is 0 Å². The third-order valence-corrected chi connectivity index (χ3v) is 6.99. The van der Waals surface area contributed by atoms with E-state index in [1.165, 1.54) is 32.1 Å². The van der Waals surface area contributed by atoms with Crippen molar-refractivity contribution < 1.29 is 9.90 Å². The first kappa shape index (κ1) is 23.9. The van der Waals surface area contributed by atoms with Gasteiger partial charge in [0, 0.05) is 12.6 Å². The Bertz CT molecular complexity index is 1320. The van der Waals surface area contributed by atoms with Crippen LogP contribution in [0.25, 0.3) is 22.2 Å². The van der Waals surface area contributed by atoms with E-state index in [1.807, 2.05) is 36.4 Å². The maximum absolute atomic E-state index is 11.9. The maximum Gasteiger partial charge on any atom is 0.336 e. The van der Waals surface area contributed by atoms with Gasteiger partial charge in [-0.2, -0.15) is 0 Å². The quantitative estimate of drug-likeness (QED) is 0.243. The number of rotatable bonds is 8. The molecule has 0 aliphatic heterocycles. The lowest BCUT2D eigenvalue weighted by Gasteiger charge is -2.38. The second kappa shape index (κ2) is 10.4. The minimum atomic E-state index is -0.926. The van der Waals surface area contributed by atoms with Gasteiger partial charge in [-0.15, -0.1) is 0 Å². The number of hydrogen-bond donors (Lipinski definition) is 3. The number of carboxylic acids is 1. The molecular weight excluding hydrogens is 448 g/mol. The number of aromatic nitrogens is 2. The molecule has 0 radical (unpaired) electrons. The van der Waals surface area contributed by atoms with Crippen LogP contribution in [0.5, 0.6) is 0 Å². The standard InChI is InChI=1S/C30H34N4O2/c1-20(2)19-34(22-10-4-3-5-11-22)28-17-16-21(23-12-6-7-13-24(23)29(35)36)18-27(28)33-30-31-25-14-8-9-15-26(25)32-30/h6-9,12-18,20,22H,3-5,10-11,19H2,1-2H3,(H,35,36)(H2,31,32,33). The Morgan fingerprint density at radius 2 is 1.81 bits per heavy atom. The van der Waals surface area contributed by atoms with Gasteiger partial charge in [0.1, 0.15) is 0 Å². The van der Waals surface area contributed by atoms with E-state index < -0.39 is 5.97 Å². The van der Waals surface area contributed by atoms with Gasteiger partial charge in [0.25, 0.3) is 0 Å². The van der Waals surface area contributed by atoms with Crippen molar-refractivity contribution in [2.75, 3.05) is 16.8 Å². The molecule has 1 fully saturated rings. The Hall–Kier alpha value is -3.80. The van der Waals surface area contributed by atoms with Gasteiger partial charge < -0.3 is 20.3 Å². The molecule has 6 heteroatoms. The number of benzene rings is 3. The fourth-order valence-electron chi connectivity index (χ4n) is 5.35. The number of aromatic carboxylic acids is 1. The first-order valence-corrected chi connectivity index (χ1v) is 12.9. The molecule has 1 saturated carbocycles. The third-order valence-electron chi connectivity index (χ3n) is 6.99. The van der Waals surface area contributed by atoms with Crippen LogP contribution in [0.15, 0.2) is 66.7 Å². The summed E-state index contributed by atoms with van der Waals surface area (Å²) in [7, 11) is 0. The van der Waals surface area contributed by atoms with Crippen LogP contribution in [0, 0.1) is 5.92 Å². The summed E-state index contributed by atoms with van der Waals surface area (Å²) in [4.78, 5) is 22.6. The average molecular weight is 483 g/mol. The summed E-state index contributed by atoms with van der Waals surface area (Å²) in [6, 6.07) is 21.9. The molecule has 6 nitrogen and oxygen atoms in total. The number of aromatic amines is 1. The number of para-hydroxylation sites is 2. The van der Waals surface area contributed by atoms with Gasteiger partial charge in [0.2, 0.25) is 5.95 Å². The summed E-state index contributed by atoms with van der Waals surface area (Å²) in [6.07, 6.45) is 6.22. The molecule has 0 atom stereocenters. The number of H-pyrrole nitrogens is 1. The van der Waals surface area contributed by atoms with Crippen molar-refractivity contribution >= 4 is 34.3 Å². The highest BCUT2D eigenvalue weighted by atomic mass is 16.4. The summed E-state index contributed by atoms with van der Waals surface area (Å²) in [5, 5.41) is 13.3. The van der Waals surface area contributed by atoms with Crippen LogP contribution in [-0.2, 0) is 0 Å². The number of imidazole rings is 1. The highest BCUT2D eigenvalue weighted by Crippen LogP contribution is 2.38. The lowest BCUT2D eigenvalue weighted by atomic mass is 9.92. The van der Waals surface area contributed by atoms with Crippen molar-refractivity contribution in [1.82, 2.24) is 9.97 Å². The lowest BCUT2D eigenvalue weighted by Crippen LogP contribution is -2.39. The molecule has 3 N–H and O–H groups in total. The van der Waals surface area contributed by atoms with Crippen LogP contribution in [0.2, 0.25) is 0 Å². The summed E-state index contributed by atoms with van der Waals surface area (Å²) in [5.74, 6) is 0.262. The highest BCUT2D eigenvalue weighted by Gasteiger charge is 2.25. The molecule has 1 aliphatic rings.